The highest BCUT2D eigenvalue weighted by molar-refractivity contribution is 5.84. The van der Waals surface area contributed by atoms with E-state index >= 15 is 0 Å². The molecule has 0 saturated heterocycles. The van der Waals surface area contributed by atoms with E-state index in [1.165, 1.54) is 10.9 Å². The maximum Gasteiger partial charge on any atom is 0.237 e. The number of fused-ring (bicyclic) bond motifs is 1. The summed E-state index contributed by atoms with van der Waals surface area (Å²) in [5, 5.41) is 5.33. The van der Waals surface area contributed by atoms with Gasteiger partial charge in [-0.3, -0.25) is 9.69 Å². The molecule has 3 aromatic carbocycles. The third-order valence-electron chi connectivity index (χ3n) is 4.89. The molecule has 1 unspecified atom stereocenters. The van der Waals surface area contributed by atoms with E-state index in [4.69, 9.17) is 4.74 Å². The van der Waals surface area contributed by atoms with Crippen molar-refractivity contribution in [2.24, 2.45) is 0 Å². The first-order valence-electron chi connectivity index (χ1n) is 9.15. The Morgan fingerprint density at radius 3 is 2.44 bits per heavy atom. The molecule has 4 nitrogen and oxygen atoms in total. The Kier molecular flexibility index (Phi) is 6.09. The molecule has 0 spiro atoms. The quantitative estimate of drug-likeness (QED) is 0.691. The van der Waals surface area contributed by atoms with Crippen LogP contribution >= 0.6 is 0 Å². The van der Waals surface area contributed by atoms with Crippen molar-refractivity contribution in [1.29, 1.82) is 0 Å². The molecule has 3 rings (SSSR count). The molecule has 4 heteroatoms. The zero-order chi connectivity index (χ0) is 19.2. The molecule has 1 atom stereocenters. The number of hydrogen-bond donors (Lipinski definition) is 1. The van der Waals surface area contributed by atoms with Gasteiger partial charge in [-0.05, 0) is 54.1 Å². The number of benzene rings is 3. The number of nitrogens with zero attached hydrogens (tertiary/aromatic N) is 1. The molecule has 0 aliphatic rings. The number of methoxy groups -OCH3 is 1. The molecule has 3 aromatic rings. The zero-order valence-corrected chi connectivity index (χ0v) is 16.1. The van der Waals surface area contributed by atoms with Gasteiger partial charge in [0.2, 0.25) is 5.91 Å². The molecule has 1 N–H and O–H groups in total. The number of hydrogen-bond acceptors (Lipinski definition) is 3. The Morgan fingerprint density at radius 1 is 1.00 bits per heavy atom. The number of carbonyl (C=O) groups is 1. The fourth-order valence-electron chi connectivity index (χ4n) is 3.06. The third kappa shape index (κ3) is 4.86. The van der Waals surface area contributed by atoms with Crippen LogP contribution in [-0.2, 0) is 17.9 Å². The maximum absolute atomic E-state index is 12.5. The van der Waals surface area contributed by atoms with Crippen LogP contribution in [-0.4, -0.2) is 31.0 Å². The van der Waals surface area contributed by atoms with Crippen molar-refractivity contribution in [3.05, 3.63) is 77.9 Å². The molecule has 0 heterocycles. The van der Waals surface area contributed by atoms with Crippen LogP contribution in [0.4, 0.5) is 0 Å². The van der Waals surface area contributed by atoms with Gasteiger partial charge in [0.25, 0.3) is 0 Å². The summed E-state index contributed by atoms with van der Waals surface area (Å²) >= 11 is 0. The van der Waals surface area contributed by atoms with E-state index in [0.717, 1.165) is 16.7 Å². The highest BCUT2D eigenvalue weighted by atomic mass is 16.5. The molecular weight excluding hydrogens is 336 g/mol. The van der Waals surface area contributed by atoms with Gasteiger partial charge in [-0.25, -0.2) is 0 Å². The molecule has 0 saturated carbocycles. The van der Waals surface area contributed by atoms with Crippen LogP contribution < -0.4 is 10.1 Å². The molecule has 0 aliphatic carbocycles. The smallest absolute Gasteiger partial charge is 0.237 e. The van der Waals surface area contributed by atoms with Crippen LogP contribution in [0.5, 0.6) is 5.75 Å². The van der Waals surface area contributed by atoms with E-state index in [2.05, 4.69) is 34.5 Å². The van der Waals surface area contributed by atoms with Crippen molar-refractivity contribution in [3.8, 4) is 5.75 Å². The van der Waals surface area contributed by atoms with Crippen molar-refractivity contribution < 1.29 is 9.53 Å². The van der Waals surface area contributed by atoms with E-state index in [1.807, 2.05) is 56.4 Å². The average Bonchev–Trinajstić information content (AvgIpc) is 2.71. The van der Waals surface area contributed by atoms with Crippen LogP contribution in [0.25, 0.3) is 10.8 Å². The van der Waals surface area contributed by atoms with Gasteiger partial charge in [-0.1, -0.05) is 48.5 Å². The van der Waals surface area contributed by atoms with Gasteiger partial charge >= 0.3 is 0 Å². The molecule has 0 aliphatic heterocycles. The largest absolute Gasteiger partial charge is 0.497 e. The van der Waals surface area contributed by atoms with Crippen molar-refractivity contribution >= 4 is 16.7 Å². The highest BCUT2D eigenvalue weighted by Crippen LogP contribution is 2.22. The van der Waals surface area contributed by atoms with E-state index in [9.17, 15) is 4.79 Å². The Bertz CT molecular complexity index is 909. The predicted molar refractivity (Wildman–Crippen MR) is 110 cm³/mol. The third-order valence-corrected chi connectivity index (χ3v) is 4.89. The van der Waals surface area contributed by atoms with Gasteiger partial charge in [-0.2, -0.15) is 0 Å². The first kappa shape index (κ1) is 18.9. The number of rotatable bonds is 7. The fourth-order valence-corrected chi connectivity index (χ4v) is 3.06. The Hall–Kier alpha value is -2.85. The minimum atomic E-state index is -0.208. The second-order valence-corrected chi connectivity index (χ2v) is 6.84. The SMILES string of the molecule is COc1ccc2cc(CN(C)C(C)C(=O)NCc3ccccc3)ccc2c1. The van der Waals surface area contributed by atoms with Crippen molar-refractivity contribution in [1.82, 2.24) is 10.2 Å². The van der Waals surface area contributed by atoms with E-state index in [1.54, 1.807) is 7.11 Å². The molecule has 0 radical (unpaired) electrons. The summed E-state index contributed by atoms with van der Waals surface area (Å²) in [6.07, 6.45) is 0. The van der Waals surface area contributed by atoms with Gasteiger partial charge in [0.1, 0.15) is 5.75 Å². The average molecular weight is 362 g/mol. The normalized spacial score (nSPS) is 12.1. The second kappa shape index (κ2) is 8.69. The van der Waals surface area contributed by atoms with Gasteiger partial charge in [-0.15, -0.1) is 0 Å². The Balaban J connectivity index is 1.60. The Morgan fingerprint density at radius 2 is 1.70 bits per heavy atom. The van der Waals surface area contributed by atoms with Crippen LogP contribution in [0.15, 0.2) is 66.7 Å². The number of carbonyl (C=O) groups excluding carboxylic acids is 1. The monoisotopic (exact) mass is 362 g/mol. The molecule has 1 amide bonds. The number of amides is 1. The van der Waals surface area contributed by atoms with E-state index in [-0.39, 0.29) is 11.9 Å². The summed E-state index contributed by atoms with van der Waals surface area (Å²) in [4.78, 5) is 14.5. The summed E-state index contributed by atoms with van der Waals surface area (Å²) in [6, 6.07) is 22.2. The van der Waals surface area contributed by atoms with Gasteiger partial charge in [0, 0.05) is 13.1 Å². The lowest BCUT2D eigenvalue weighted by molar-refractivity contribution is -0.125. The minimum Gasteiger partial charge on any atom is -0.497 e. The van der Waals surface area contributed by atoms with Gasteiger partial charge in [0.05, 0.1) is 13.2 Å². The molecule has 0 aromatic heterocycles. The van der Waals surface area contributed by atoms with Crippen molar-refractivity contribution in [2.45, 2.75) is 26.1 Å². The first-order chi connectivity index (χ1) is 13.1. The van der Waals surface area contributed by atoms with E-state index in [0.29, 0.717) is 13.1 Å². The summed E-state index contributed by atoms with van der Waals surface area (Å²) in [6.45, 7) is 3.20. The van der Waals surface area contributed by atoms with Crippen molar-refractivity contribution in [3.63, 3.8) is 0 Å². The lowest BCUT2D eigenvalue weighted by Gasteiger charge is -2.24. The van der Waals surface area contributed by atoms with Crippen LogP contribution in [0, 0.1) is 0 Å². The van der Waals surface area contributed by atoms with Gasteiger partial charge in [0.15, 0.2) is 0 Å². The predicted octanol–water partition coefficient (Wildman–Crippen LogP) is 3.99. The Labute approximate surface area is 160 Å². The maximum atomic E-state index is 12.5. The van der Waals surface area contributed by atoms with Crippen molar-refractivity contribution in [2.75, 3.05) is 14.2 Å². The lowest BCUT2D eigenvalue weighted by atomic mass is 10.1. The summed E-state index contributed by atoms with van der Waals surface area (Å²) in [5.41, 5.74) is 2.28. The highest BCUT2D eigenvalue weighted by Gasteiger charge is 2.18. The number of ether oxygens (including phenoxy) is 1. The first-order valence-corrected chi connectivity index (χ1v) is 9.15. The number of likely N-dealkylation sites (N-methyl/N-ethyl adjacent to an activating group) is 1. The van der Waals surface area contributed by atoms with E-state index < -0.39 is 0 Å². The molecule has 27 heavy (non-hydrogen) atoms. The summed E-state index contributed by atoms with van der Waals surface area (Å²) in [7, 11) is 3.65. The molecule has 0 bridgehead atoms. The molecule has 140 valence electrons. The van der Waals surface area contributed by atoms with Crippen LogP contribution in [0.3, 0.4) is 0 Å². The number of nitrogens with one attached hydrogen (secondary N) is 1. The van der Waals surface area contributed by atoms with Crippen LogP contribution in [0.1, 0.15) is 18.1 Å². The molecular formula is C23H26N2O2. The second-order valence-electron chi connectivity index (χ2n) is 6.84. The topological polar surface area (TPSA) is 41.6 Å². The van der Waals surface area contributed by atoms with Gasteiger partial charge < -0.3 is 10.1 Å². The van der Waals surface area contributed by atoms with Crippen LogP contribution in [0.2, 0.25) is 0 Å². The fraction of sp³-hybridized carbons (Fsp3) is 0.261. The molecule has 0 fully saturated rings. The lowest BCUT2D eigenvalue weighted by Crippen LogP contribution is -2.42. The standard InChI is InChI=1S/C23H26N2O2/c1-17(23(26)24-15-18-7-5-4-6-8-18)25(2)16-19-9-10-21-14-22(27-3)12-11-20(21)13-19/h4-14,17H,15-16H2,1-3H3,(H,24,26). The zero-order valence-electron chi connectivity index (χ0n) is 16.1. The summed E-state index contributed by atoms with van der Waals surface area (Å²) < 4.78 is 5.28. The minimum absolute atomic E-state index is 0.0341. The summed E-state index contributed by atoms with van der Waals surface area (Å²) in [5.74, 6) is 0.892.